The summed E-state index contributed by atoms with van der Waals surface area (Å²) in [7, 11) is 0. The SMILES string of the molecule is CCOc1cc(C(=O)N2CCOCC2C)cc(OCC)c1OCC. The highest BCUT2D eigenvalue weighted by atomic mass is 16.5. The Morgan fingerprint density at radius 2 is 1.71 bits per heavy atom. The number of rotatable bonds is 7. The summed E-state index contributed by atoms with van der Waals surface area (Å²) >= 11 is 0. The molecule has 6 nitrogen and oxygen atoms in total. The Kier molecular flexibility index (Phi) is 6.73. The molecule has 1 aliphatic heterocycles. The summed E-state index contributed by atoms with van der Waals surface area (Å²) in [5, 5.41) is 0. The summed E-state index contributed by atoms with van der Waals surface area (Å²) in [5.74, 6) is 1.58. The van der Waals surface area contributed by atoms with Crippen LogP contribution in [0.4, 0.5) is 0 Å². The Morgan fingerprint density at radius 1 is 1.12 bits per heavy atom. The molecule has 1 unspecified atom stereocenters. The zero-order valence-corrected chi connectivity index (χ0v) is 15.0. The van der Waals surface area contributed by atoms with Crippen molar-refractivity contribution in [3.63, 3.8) is 0 Å². The topological polar surface area (TPSA) is 57.2 Å². The van der Waals surface area contributed by atoms with Crippen molar-refractivity contribution in [2.24, 2.45) is 0 Å². The molecule has 0 aliphatic carbocycles. The van der Waals surface area contributed by atoms with Crippen LogP contribution in [-0.4, -0.2) is 56.4 Å². The number of nitrogens with zero attached hydrogens (tertiary/aromatic N) is 1. The highest BCUT2D eigenvalue weighted by molar-refractivity contribution is 5.96. The second-order valence-corrected chi connectivity index (χ2v) is 5.52. The van der Waals surface area contributed by atoms with Gasteiger partial charge >= 0.3 is 0 Å². The van der Waals surface area contributed by atoms with Crippen molar-refractivity contribution in [1.82, 2.24) is 4.90 Å². The lowest BCUT2D eigenvalue weighted by Gasteiger charge is -2.33. The molecule has 1 fully saturated rings. The van der Waals surface area contributed by atoms with Gasteiger partial charge in [0.15, 0.2) is 11.5 Å². The Bertz CT molecular complexity index is 533. The Balaban J connectivity index is 2.39. The third-order valence-corrected chi connectivity index (χ3v) is 3.78. The highest BCUT2D eigenvalue weighted by Gasteiger charge is 2.27. The number of carbonyl (C=O) groups excluding carboxylic acids is 1. The molecular formula is C18H27NO5. The third kappa shape index (κ3) is 4.12. The number of morpholine rings is 1. The predicted octanol–water partition coefficient (Wildman–Crippen LogP) is 2.74. The Labute approximate surface area is 143 Å². The van der Waals surface area contributed by atoms with Gasteiger partial charge in [0, 0.05) is 12.1 Å². The maximum atomic E-state index is 12.9. The first-order chi connectivity index (χ1) is 11.6. The molecule has 0 N–H and O–H groups in total. The minimum absolute atomic E-state index is 0.0453. The van der Waals surface area contributed by atoms with Gasteiger partial charge in [0.2, 0.25) is 5.75 Å². The largest absolute Gasteiger partial charge is 0.490 e. The number of hydrogen-bond donors (Lipinski definition) is 0. The van der Waals surface area contributed by atoms with Gasteiger partial charge in [0.05, 0.1) is 39.1 Å². The van der Waals surface area contributed by atoms with Crippen LogP contribution in [-0.2, 0) is 4.74 Å². The number of hydrogen-bond acceptors (Lipinski definition) is 5. The van der Waals surface area contributed by atoms with Crippen LogP contribution in [0, 0.1) is 0 Å². The van der Waals surface area contributed by atoms with E-state index < -0.39 is 0 Å². The van der Waals surface area contributed by atoms with Gasteiger partial charge < -0.3 is 23.8 Å². The average molecular weight is 337 g/mol. The lowest BCUT2D eigenvalue weighted by Crippen LogP contribution is -2.47. The molecule has 0 saturated carbocycles. The van der Waals surface area contributed by atoms with Gasteiger partial charge in [-0.3, -0.25) is 4.79 Å². The average Bonchev–Trinajstić information content (AvgIpc) is 2.58. The Hall–Kier alpha value is -1.95. The van der Waals surface area contributed by atoms with Crippen LogP contribution in [0.15, 0.2) is 12.1 Å². The molecular weight excluding hydrogens is 310 g/mol. The zero-order chi connectivity index (χ0) is 17.5. The fourth-order valence-corrected chi connectivity index (χ4v) is 2.71. The van der Waals surface area contributed by atoms with E-state index in [0.717, 1.165) is 0 Å². The minimum Gasteiger partial charge on any atom is -0.490 e. The monoisotopic (exact) mass is 337 g/mol. The lowest BCUT2D eigenvalue weighted by molar-refractivity contribution is 0.00355. The summed E-state index contributed by atoms with van der Waals surface area (Å²) < 4.78 is 22.5. The summed E-state index contributed by atoms with van der Waals surface area (Å²) in [6.07, 6.45) is 0. The standard InChI is InChI=1S/C18H27NO5/c1-5-22-15-10-14(11-16(23-6-2)17(15)24-7-3)18(20)19-8-9-21-12-13(19)4/h10-11,13H,5-9,12H2,1-4H3. The van der Waals surface area contributed by atoms with Crippen LogP contribution < -0.4 is 14.2 Å². The normalized spacial score (nSPS) is 17.5. The van der Waals surface area contributed by atoms with E-state index in [-0.39, 0.29) is 11.9 Å². The molecule has 1 amide bonds. The van der Waals surface area contributed by atoms with Crippen molar-refractivity contribution in [1.29, 1.82) is 0 Å². The van der Waals surface area contributed by atoms with Crippen LogP contribution in [0.1, 0.15) is 38.1 Å². The van der Waals surface area contributed by atoms with Crippen molar-refractivity contribution < 1.29 is 23.7 Å². The third-order valence-electron chi connectivity index (χ3n) is 3.78. The molecule has 0 radical (unpaired) electrons. The van der Waals surface area contributed by atoms with Crippen LogP contribution in [0.3, 0.4) is 0 Å². The molecule has 1 aliphatic rings. The fraction of sp³-hybridized carbons (Fsp3) is 0.611. The second kappa shape index (κ2) is 8.78. The van der Waals surface area contributed by atoms with Gasteiger partial charge in [0.25, 0.3) is 5.91 Å². The van der Waals surface area contributed by atoms with E-state index in [1.807, 2.05) is 32.6 Å². The summed E-state index contributed by atoms with van der Waals surface area (Å²) in [6, 6.07) is 3.52. The molecule has 1 heterocycles. The first-order valence-corrected chi connectivity index (χ1v) is 8.57. The van der Waals surface area contributed by atoms with E-state index in [1.165, 1.54) is 0 Å². The quantitative estimate of drug-likeness (QED) is 0.766. The maximum Gasteiger partial charge on any atom is 0.254 e. The number of amides is 1. The van der Waals surface area contributed by atoms with Crippen molar-refractivity contribution in [2.75, 3.05) is 39.6 Å². The molecule has 0 spiro atoms. The van der Waals surface area contributed by atoms with E-state index in [0.29, 0.717) is 62.4 Å². The van der Waals surface area contributed by atoms with Crippen LogP contribution in [0.2, 0.25) is 0 Å². The van der Waals surface area contributed by atoms with Crippen molar-refractivity contribution in [3.8, 4) is 17.2 Å². The van der Waals surface area contributed by atoms with E-state index in [9.17, 15) is 4.79 Å². The predicted molar refractivity (Wildman–Crippen MR) is 91.3 cm³/mol. The van der Waals surface area contributed by atoms with Crippen molar-refractivity contribution in [3.05, 3.63) is 17.7 Å². The summed E-state index contributed by atoms with van der Waals surface area (Å²) in [4.78, 5) is 14.7. The second-order valence-electron chi connectivity index (χ2n) is 5.52. The molecule has 1 aromatic carbocycles. The molecule has 2 rings (SSSR count). The van der Waals surface area contributed by atoms with Gasteiger partial charge in [0.1, 0.15) is 0 Å². The van der Waals surface area contributed by atoms with Crippen LogP contribution >= 0.6 is 0 Å². The summed E-state index contributed by atoms with van der Waals surface area (Å²) in [6.45, 7) is 10.8. The molecule has 24 heavy (non-hydrogen) atoms. The Morgan fingerprint density at radius 3 is 2.21 bits per heavy atom. The maximum absolute atomic E-state index is 12.9. The van der Waals surface area contributed by atoms with Gasteiger partial charge in [-0.05, 0) is 39.8 Å². The van der Waals surface area contributed by atoms with Crippen molar-refractivity contribution >= 4 is 5.91 Å². The summed E-state index contributed by atoms with van der Waals surface area (Å²) in [5.41, 5.74) is 0.541. The minimum atomic E-state index is -0.0456. The fourth-order valence-electron chi connectivity index (χ4n) is 2.71. The van der Waals surface area contributed by atoms with Crippen LogP contribution in [0.5, 0.6) is 17.2 Å². The first kappa shape index (κ1) is 18.4. The van der Waals surface area contributed by atoms with E-state index >= 15 is 0 Å². The highest BCUT2D eigenvalue weighted by Crippen LogP contribution is 2.39. The number of carbonyl (C=O) groups is 1. The molecule has 1 aromatic rings. The van der Waals surface area contributed by atoms with Gasteiger partial charge in [-0.1, -0.05) is 0 Å². The molecule has 134 valence electrons. The van der Waals surface area contributed by atoms with E-state index in [2.05, 4.69) is 0 Å². The van der Waals surface area contributed by atoms with E-state index in [1.54, 1.807) is 12.1 Å². The van der Waals surface area contributed by atoms with Gasteiger partial charge in [-0.15, -0.1) is 0 Å². The number of benzene rings is 1. The van der Waals surface area contributed by atoms with E-state index in [4.69, 9.17) is 18.9 Å². The van der Waals surface area contributed by atoms with Gasteiger partial charge in [-0.2, -0.15) is 0 Å². The molecule has 1 saturated heterocycles. The lowest BCUT2D eigenvalue weighted by atomic mass is 10.1. The van der Waals surface area contributed by atoms with Crippen LogP contribution in [0.25, 0.3) is 0 Å². The van der Waals surface area contributed by atoms with Gasteiger partial charge in [-0.25, -0.2) is 0 Å². The van der Waals surface area contributed by atoms with Crippen molar-refractivity contribution in [2.45, 2.75) is 33.7 Å². The molecule has 0 aromatic heterocycles. The molecule has 1 atom stereocenters. The number of ether oxygens (including phenoxy) is 4. The smallest absolute Gasteiger partial charge is 0.254 e. The first-order valence-electron chi connectivity index (χ1n) is 8.57. The zero-order valence-electron chi connectivity index (χ0n) is 15.0. The molecule has 6 heteroatoms. The molecule has 0 bridgehead atoms.